The number of nitrogens with zero attached hydrogens (tertiary/aromatic N) is 2. The number of nitrogens with one attached hydrogen (secondary N) is 1. The average Bonchev–Trinajstić information content (AvgIpc) is 3.54. The molecule has 0 bridgehead atoms. The maximum atomic E-state index is 10.4. The summed E-state index contributed by atoms with van der Waals surface area (Å²) in [4.78, 5) is 7.55. The van der Waals surface area contributed by atoms with Crippen molar-refractivity contribution in [1.82, 2.24) is 9.97 Å². The van der Waals surface area contributed by atoms with Crippen molar-refractivity contribution < 1.29 is 23.9 Å². The fraction of sp³-hybridized carbons (Fsp3) is 0.143. The average molecular weight is 465 g/mol. The van der Waals surface area contributed by atoms with Gasteiger partial charge >= 0.3 is 0 Å². The molecule has 0 saturated carbocycles. The molecule has 2 N–H and O–H groups in total. The van der Waals surface area contributed by atoms with E-state index in [0.29, 0.717) is 5.75 Å². The molecule has 0 radical (unpaired) electrons. The van der Waals surface area contributed by atoms with E-state index in [2.05, 4.69) is 45.0 Å². The summed E-state index contributed by atoms with van der Waals surface area (Å²) in [6.07, 6.45) is 3.76. The number of ether oxygens (including phenoxy) is 3. The van der Waals surface area contributed by atoms with E-state index in [1.54, 1.807) is 13.4 Å². The highest BCUT2D eigenvalue weighted by atomic mass is 16.7. The fourth-order valence-corrected chi connectivity index (χ4v) is 5.37. The number of imidazole rings is 1. The van der Waals surface area contributed by atoms with Gasteiger partial charge in [0.25, 0.3) is 0 Å². The van der Waals surface area contributed by atoms with Crippen LogP contribution in [0.3, 0.4) is 0 Å². The molecule has 3 heterocycles. The first-order valence-corrected chi connectivity index (χ1v) is 11.4. The first-order valence-electron chi connectivity index (χ1n) is 11.4. The zero-order chi connectivity index (χ0) is 23.7. The van der Waals surface area contributed by atoms with E-state index in [9.17, 15) is 5.11 Å². The maximum absolute atomic E-state index is 10.4. The number of aliphatic hydroxyl groups excluding tert-OH is 1. The molecule has 7 rings (SSSR count). The molecule has 35 heavy (non-hydrogen) atoms. The summed E-state index contributed by atoms with van der Waals surface area (Å²) < 4.78 is 19.3. The van der Waals surface area contributed by atoms with Gasteiger partial charge in [0, 0.05) is 10.9 Å². The van der Waals surface area contributed by atoms with Gasteiger partial charge in [-0.25, -0.2) is 4.98 Å². The first-order chi connectivity index (χ1) is 17.2. The van der Waals surface area contributed by atoms with Gasteiger partial charge < -0.3 is 24.3 Å². The molecule has 1 aliphatic heterocycles. The van der Waals surface area contributed by atoms with Crippen molar-refractivity contribution in [2.24, 2.45) is 7.05 Å². The minimum absolute atomic E-state index is 0.143. The van der Waals surface area contributed by atoms with E-state index in [1.807, 2.05) is 31.3 Å². The molecule has 0 unspecified atom stereocenters. The molecule has 2 aromatic heterocycles. The summed E-state index contributed by atoms with van der Waals surface area (Å²) >= 11 is 0. The first kappa shape index (κ1) is 20.1. The Kier molecular flexibility index (Phi) is 4.19. The Hall–Kier alpha value is -4.36. The number of rotatable bonds is 3. The Morgan fingerprint density at radius 2 is 1.86 bits per heavy atom. The Morgan fingerprint density at radius 1 is 1.00 bits per heavy atom. The van der Waals surface area contributed by atoms with Crippen LogP contribution in [0, 0.1) is 0 Å². The molecule has 7 nitrogen and oxygen atoms in total. The van der Waals surface area contributed by atoms with Crippen LogP contribution < -0.4 is 18.8 Å². The number of H-pyrrole nitrogens is 1. The molecule has 172 valence electrons. The van der Waals surface area contributed by atoms with E-state index < -0.39 is 0 Å². The highest BCUT2D eigenvalue weighted by Gasteiger charge is 2.24. The van der Waals surface area contributed by atoms with Gasteiger partial charge in [-0.2, -0.15) is 4.57 Å². The molecule has 0 spiro atoms. The Morgan fingerprint density at radius 3 is 2.69 bits per heavy atom. The number of aryl methyl sites for hydroxylation is 1. The highest BCUT2D eigenvalue weighted by Crippen LogP contribution is 2.43. The highest BCUT2D eigenvalue weighted by molar-refractivity contribution is 6.16. The second-order valence-electron chi connectivity index (χ2n) is 8.82. The fourth-order valence-electron chi connectivity index (χ4n) is 5.37. The Labute approximate surface area is 200 Å². The van der Waals surface area contributed by atoms with E-state index in [0.717, 1.165) is 71.7 Å². The third-order valence-corrected chi connectivity index (χ3v) is 6.97. The number of aromatic amines is 1. The number of hydrogen-bond acceptors (Lipinski definition) is 5. The molecule has 0 atom stereocenters. The van der Waals surface area contributed by atoms with E-state index >= 15 is 0 Å². The second-order valence-corrected chi connectivity index (χ2v) is 8.82. The molecule has 7 heteroatoms. The van der Waals surface area contributed by atoms with Crippen molar-refractivity contribution in [3.8, 4) is 28.4 Å². The van der Waals surface area contributed by atoms with Gasteiger partial charge in [0.2, 0.25) is 12.3 Å². The van der Waals surface area contributed by atoms with Crippen LogP contribution in [-0.4, -0.2) is 29.0 Å². The van der Waals surface area contributed by atoms with E-state index in [-0.39, 0.29) is 13.4 Å². The number of methoxy groups -OCH3 is 1. The zero-order valence-electron chi connectivity index (χ0n) is 19.3. The summed E-state index contributed by atoms with van der Waals surface area (Å²) in [6.45, 7) is 0.0967. The lowest BCUT2D eigenvalue weighted by Gasteiger charge is -2.17. The van der Waals surface area contributed by atoms with Crippen LogP contribution in [0.1, 0.15) is 5.56 Å². The second kappa shape index (κ2) is 7.32. The van der Waals surface area contributed by atoms with Crippen LogP contribution in [0.15, 0.2) is 61.1 Å². The molecule has 4 aromatic carbocycles. The van der Waals surface area contributed by atoms with Gasteiger partial charge in [0.05, 0.1) is 47.2 Å². The monoisotopic (exact) mass is 464 g/mol. The minimum atomic E-state index is -0.143. The van der Waals surface area contributed by atoms with Crippen LogP contribution in [0.2, 0.25) is 0 Å². The van der Waals surface area contributed by atoms with Gasteiger partial charge in [-0.1, -0.05) is 12.1 Å². The van der Waals surface area contributed by atoms with Crippen LogP contribution in [0.4, 0.5) is 0 Å². The van der Waals surface area contributed by atoms with Crippen molar-refractivity contribution in [2.75, 3.05) is 13.9 Å². The minimum Gasteiger partial charge on any atom is -0.495 e. The van der Waals surface area contributed by atoms with Crippen molar-refractivity contribution in [2.45, 2.75) is 6.61 Å². The van der Waals surface area contributed by atoms with Gasteiger partial charge in [0.1, 0.15) is 12.8 Å². The SMILES string of the molecule is COc1c(CO)c(-c2ccc3[nH]cnc3c2)cc2c1c[n+](C)c1c3cc4c(cc3ccc21)OCO4. The molecular weight excluding hydrogens is 442 g/mol. The Balaban J connectivity index is 1.60. The summed E-state index contributed by atoms with van der Waals surface area (Å²) in [5.41, 5.74) is 5.56. The van der Waals surface area contributed by atoms with Crippen molar-refractivity contribution >= 4 is 43.5 Å². The molecular formula is C28H22N3O4+. The predicted octanol–water partition coefficient (Wildman–Crippen LogP) is 4.74. The smallest absolute Gasteiger partial charge is 0.231 e. The summed E-state index contributed by atoms with van der Waals surface area (Å²) in [5, 5.41) is 15.6. The van der Waals surface area contributed by atoms with Gasteiger partial charge in [-0.3, -0.25) is 0 Å². The molecule has 1 aliphatic rings. The number of pyridine rings is 1. The predicted molar refractivity (Wildman–Crippen MR) is 134 cm³/mol. The number of fused-ring (bicyclic) bond motifs is 7. The van der Waals surface area contributed by atoms with Gasteiger partial charge in [0.15, 0.2) is 17.7 Å². The van der Waals surface area contributed by atoms with Crippen LogP contribution in [0.5, 0.6) is 17.2 Å². The quantitative estimate of drug-likeness (QED) is 0.292. The lowest BCUT2D eigenvalue weighted by Crippen LogP contribution is -2.28. The van der Waals surface area contributed by atoms with E-state index in [4.69, 9.17) is 14.2 Å². The van der Waals surface area contributed by atoms with Crippen molar-refractivity contribution in [1.29, 1.82) is 0 Å². The molecule has 0 saturated heterocycles. The van der Waals surface area contributed by atoms with E-state index in [1.165, 1.54) is 0 Å². The molecule has 0 amide bonds. The molecule has 6 aromatic rings. The number of aliphatic hydroxyl groups is 1. The van der Waals surface area contributed by atoms with Gasteiger partial charge in [-0.05, 0) is 52.9 Å². The topological polar surface area (TPSA) is 80.5 Å². The summed E-state index contributed by atoms with van der Waals surface area (Å²) in [5.74, 6) is 2.20. The molecule has 0 aliphatic carbocycles. The lowest BCUT2D eigenvalue weighted by molar-refractivity contribution is -0.642. The maximum Gasteiger partial charge on any atom is 0.231 e. The van der Waals surface area contributed by atoms with Crippen molar-refractivity contribution in [3.05, 3.63) is 66.6 Å². The number of hydrogen-bond donors (Lipinski definition) is 2. The standard InChI is InChI=1S/C28H21N3O4/c1-31-11-21-20(17-5-3-16-8-25-26(35-14-34-25)10-19(16)27(17)31)9-18(22(12-32)28(21)33-2)15-4-6-23-24(7-15)30-13-29-23/h3-11,13,32H,12,14H2,1-2H3/p+1. The number of aromatic nitrogens is 3. The van der Waals surface area contributed by atoms with Crippen LogP contribution >= 0.6 is 0 Å². The van der Waals surface area contributed by atoms with Crippen LogP contribution in [-0.2, 0) is 13.7 Å². The summed E-state index contributed by atoms with van der Waals surface area (Å²) in [7, 11) is 3.68. The zero-order valence-corrected chi connectivity index (χ0v) is 19.3. The number of benzene rings is 4. The van der Waals surface area contributed by atoms with Gasteiger partial charge in [-0.15, -0.1) is 0 Å². The third kappa shape index (κ3) is 2.82. The largest absolute Gasteiger partial charge is 0.495 e. The lowest BCUT2D eigenvalue weighted by atomic mass is 9.92. The Bertz CT molecular complexity index is 1820. The third-order valence-electron chi connectivity index (χ3n) is 6.97. The van der Waals surface area contributed by atoms with Crippen LogP contribution in [0.25, 0.3) is 54.6 Å². The van der Waals surface area contributed by atoms with Crippen molar-refractivity contribution in [3.63, 3.8) is 0 Å². The molecule has 0 fully saturated rings. The normalized spacial score (nSPS) is 12.9. The summed E-state index contributed by atoms with van der Waals surface area (Å²) in [6, 6.07) is 16.6.